The molecule has 1 aromatic heterocycles. The number of amides is 1. The van der Waals surface area contributed by atoms with Crippen molar-refractivity contribution in [2.24, 2.45) is 11.8 Å². The number of phenols is 1. The molecule has 3 unspecified atom stereocenters. The zero-order valence-corrected chi connectivity index (χ0v) is 26.2. The minimum absolute atomic E-state index is 0.0421. The maximum absolute atomic E-state index is 12.7. The Hall–Kier alpha value is -3.24. The van der Waals surface area contributed by atoms with E-state index in [2.05, 4.69) is 40.0 Å². The number of likely N-dealkylation sites (tertiary alicyclic amines) is 1. The number of likely N-dealkylation sites (N-methyl/N-ethyl adjacent to an activating group) is 1. The molecule has 0 bridgehead atoms. The lowest BCUT2D eigenvalue weighted by molar-refractivity contribution is -0.132. The highest BCUT2D eigenvalue weighted by atomic mass is 16.5. The summed E-state index contributed by atoms with van der Waals surface area (Å²) >= 11 is 0. The molecule has 9 heteroatoms. The van der Waals surface area contributed by atoms with Crippen LogP contribution in [0, 0.1) is 11.8 Å². The number of ether oxygens (including phenoxy) is 1. The second-order valence-corrected chi connectivity index (χ2v) is 12.0. The first-order valence-corrected chi connectivity index (χ1v) is 16.2. The van der Waals surface area contributed by atoms with Crippen molar-refractivity contribution in [3.05, 3.63) is 76.6 Å². The average molecular weight is 607 g/mol. The highest BCUT2D eigenvalue weighted by molar-refractivity contribution is 5.87. The molecule has 2 aromatic rings. The number of aliphatic hydroxyl groups excluding tert-OH is 1. The monoisotopic (exact) mass is 606 g/mol. The van der Waals surface area contributed by atoms with E-state index in [1.165, 1.54) is 50.1 Å². The van der Waals surface area contributed by atoms with Gasteiger partial charge < -0.3 is 30.2 Å². The first-order chi connectivity index (χ1) is 21.4. The number of unbranched alkanes of at least 4 members (excludes halogenated alkanes) is 1. The minimum atomic E-state index is -0.840. The molecule has 240 valence electrons. The third-order valence-electron chi connectivity index (χ3n) is 8.89. The van der Waals surface area contributed by atoms with Gasteiger partial charge >= 0.3 is 0 Å². The van der Waals surface area contributed by atoms with Crippen molar-refractivity contribution in [2.75, 3.05) is 59.0 Å². The van der Waals surface area contributed by atoms with E-state index in [0.717, 1.165) is 31.2 Å². The molecule has 2 heterocycles. The first-order valence-electron chi connectivity index (χ1n) is 16.2. The largest absolute Gasteiger partial charge is 0.506 e. The summed E-state index contributed by atoms with van der Waals surface area (Å²) in [5.74, 6) is 1.82. The SMILES string of the molecule is C=C/C=C(\C=C/CCCOCCC(=O)N(CC)CCNCC(O)c1ccc(O)c2[nH]c(=O)ccc12)CN1CC2CCCC2C1. The van der Waals surface area contributed by atoms with E-state index in [-0.39, 0.29) is 23.8 Å². The fourth-order valence-corrected chi connectivity index (χ4v) is 6.56. The van der Waals surface area contributed by atoms with Gasteiger partial charge in [0.25, 0.3) is 0 Å². The number of hydrogen-bond donors (Lipinski definition) is 4. The molecule has 2 aliphatic rings. The summed E-state index contributed by atoms with van der Waals surface area (Å²) < 4.78 is 5.75. The van der Waals surface area contributed by atoms with Crippen LogP contribution in [-0.2, 0) is 9.53 Å². The van der Waals surface area contributed by atoms with Gasteiger partial charge in [0.1, 0.15) is 5.75 Å². The number of rotatable bonds is 18. The van der Waals surface area contributed by atoms with Gasteiger partial charge in [-0.15, -0.1) is 0 Å². The number of hydrogen-bond acceptors (Lipinski definition) is 7. The Morgan fingerprint density at radius 3 is 2.77 bits per heavy atom. The Kier molecular flexibility index (Phi) is 13.2. The van der Waals surface area contributed by atoms with Crippen molar-refractivity contribution in [3.8, 4) is 5.75 Å². The lowest BCUT2D eigenvalue weighted by Gasteiger charge is -2.22. The summed E-state index contributed by atoms with van der Waals surface area (Å²) in [5, 5.41) is 24.6. The predicted molar refractivity (Wildman–Crippen MR) is 176 cm³/mol. The third kappa shape index (κ3) is 9.63. The maximum Gasteiger partial charge on any atom is 0.248 e. The third-order valence-corrected chi connectivity index (χ3v) is 8.89. The molecule has 4 rings (SSSR count). The lowest BCUT2D eigenvalue weighted by atomic mass is 10.0. The Morgan fingerprint density at radius 2 is 2.02 bits per heavy atom. The van der Waals surface area contributed by atoms with Crippen LogP contribution in [0.15, 0.2) is 65.5 Å². The van der Waals surface area contributed by atoms with Crippen molar-refractivity contribution in [3.63, 3.8) is 0 Å². The summed E-state index contributed by atoms with van der Waals surface area (Å²) in [6, 6.07) is 6.08. The lowest BCUT2D eigenvalue weighted by Crippen LogP contribution is -2.38. The molecule has 3 atom stereocenters. The fraction of sp³-hybridized carbons (Fsp3) is 0.543. The van der Waals surface area contributed by atoms with Crippen LogP contribution in [0.25, 0.3) is 10.9 Å². The molecule has 1 aliphatic carbocycles. The smallest absolute Gasteiger partial charge is 0.248 e. The number of nitrogens with one attached hydrogen (secondary N) is 2. The van der Waals surface area contributed by atoms with Gasteiger partial charge in [0.2, 0.25) is 11.5 Å². The zero-order valence-electron chi connectivity index (χ0n) is 26.2. The van der Waals surface area contributed by atoms with E-state index in [4.69, 9.17) is 4.74 Å². The molecule has 4 N–H and O–H groups in total. The average Bonchev–Trinajstić information content (AvgIpc) is 3.61. The van der Waals surface area contributed by atoms with Crippen molar-refractivity contribution >= 4 is 16.8 Å². The number of phenolic OH excluding ortho intramolecular Hbond substituents is 1. The second kappa shape index (κ2) is 17.3. The Balaban J connectivity index is 1.08. The Labute approximate surface area is 261 Å². The molecule has 1 aromatic carbocycles. The molecule has 0 radical (unpaired) electrons. The number of aromatic amines is 1. The van der Waals surface area contributed by atoms with E-state index < -0.39 is 6.10 Å². The number of aromatic hydroxyl groups is 1. The van der Waals surface area contributed by atoms with Gasteiger partial charge in [-0.25, -0.2) is 0 Å². The fourth-order valence-electron chi connectivity index (χ4n) is 6.56. The predicted octanol–water partition coefficient (Wildman–Crippen LogP) is 4.29. The van der Waals surface area contributed by atoms with Crippen molar-refractivity contribution in [2.45, 2.75) is 51.6 Å². The Morgan fingerprint density at radius 1 is 1.23 bits per heavy atom. The van der Waals surface area contributed by atoms with Gasteiger partial charge in [0.05, 0.1) is 24.6 Å². The number of aromatic nitrogens is 1. The number of aliphatic hydroxyl groups is 1. The van der Waals surface area contributed by atoms with Gasteiger partial charge in [-0.1, -0.05) is 43.4 Å². The highest BCUT2D eigenvalue weighted by Gasteiger charge is 2.35. The topological polar surface area (TPSA) is 118 Å². The number of fused-ring (bicyclic) bond motifs is 2. The number of pyridine rings is 1. The highest BCUT2D eigenvalue weighted by Crippen LogP contribution is 2.37. The number of benzene rings is 1. The molecule has 44 heavy (non-hydrogen) atoms. The zero-order chi connectivity index (χ0) is 31.3. The standard InChI is InChI=1S/C35H50N4O5/c1-3-9-26(23-38-24-27-11-8-12-28(27)25-38)10-6-5-7-20-44-21-17-34(43)39(4-2)19-18-36-22-32(41)29-13-15-31(40)35-30(29)14-16-33(42)37-35/h3,6,9-10,13-16,27-28,32,36,40-41H,1,4-5,7-8,11-12,17-25H2,2H3,(H,37,42)/b10-6-,26-9+. The van der Waals surface area contributed by atoms with Crippen LogP contribution in [0.5, 0.6) is 5.75 Å². The quantitative estimate of drug-likeness (QED) is 0.148. The molecule has 2 fully saturated rings. The molecule has 0 spiro atoms. The summed E-state index contributed by atoms with van der Waals surface area (Å²) in [7, 11) is 0. The van der Waals surface area contributed by atoms with E-state index in [1.807, 2.05) is 13.0 Å². The number of nitrogens with zero attached hydrogens (tertiary/aromatic N) is 2. The van der Waals surface area contributed by atoms with Gasteiger partial charge in [0.15, 0.2) is 0 Å². The molecule has 1 aliphatic heterocycles. The van der Waals surface area contributed by atoms with Crippen LogP contribution in [0.3, 0.4) is 0 Å². The molecular weight excluding hydrogens is 556 g/mol. The number of allylic oxidation sites excluding steroid dienone is 3. The van der Waals surface area contributed by atoms with Gasteiger partial charge in [-0.05, 0) is 67.7 Å². The number of carbonyl (C=O) groups excluding carboxylic acids is 1. The van der Waals surface area contributed by atoms with Crippen molar-refractivity contribution < 1.29 is 19.7 Å². The van der Waals surface area contributed by atoms with Gasteiger partial charge in [0, 0.05) is 63.9 Å². The van der Waals surface area contributed by atoms with Crippen LogP contribution in [0.2, 0.25) is 0 Å². The van der Waals surface area contributed by atoms with Crippen LogP contribution in [-0.4, -0.2) is 89.9 Å². The summed E-state index contributed by atoms with van der Waals surface area (Å²) in [6.45, 7) is 12.3. The van der Waals surface area contributed by atoms with E-state index in [1.54, 1.807) is 17.0 Å². The van der Waals surface area contributed by atoms with Crippen LogP contribution in [0.1, 0.15) is 57.1 Å². The van der Waals surface area contributed by atoms with Crippen molar-refractivity contribution in [1.29, 1.82) is 0 Å². The molecule has 9 nitrogen and oxygen atoms in total. The Bertz CT molecular complexity index is 1340. The minimum Gasteiger partial charge on any atom is -0.506 e. The molecule has 1 saturated heterocycles. The van der Waals surface area contributed by atoms with Crippen LogP contribution < -0.4 is 10.9 Å². The summed E-state index contributed by atoms with van der Waals surface area (Å²) in [5.41, 5.74) is 1.90. The van der Waals surface area contributed by atoms with E-state index >= 15 is 0 Å². The summed E-state index contributed by atoms with van der Waals surface area (Å²) in [4.78, 5) is 31.3. The van der Waals surface area contributed by atoms with Crippen molar-refractivity contribution in [1.82, 2.24) is 20.1 Å². The second-order valence-electron chi connectivity index (χ2n) is 12.0. The molecular formula is C35H50N4O5. The number of H-pyrrole nitrogens is 1. The summed E-state index contributed by atoms with van der Waals surface area (Å²) in [6.07, 6.45) is 14.0. The normalized spacial score (nSPS) is 19.5. The van der Waals surface area contributed by atoms with Gasteiger partial charge in [-0.3, -0.25) is 14.5 Å². The number of carbonyl (C=O) groups is 1. The van der Waals surface area contributed by atoms with Gasteiger partial charge in [-0.2, -0.15) is 0 Å². The first kappa shape index (κ1) is 33.6. The molecule has 1 amide bonds. The van der Waals surface area contributed by atoms with E-state index in [0.29, 0.717) is 55.7 Å². The van der Waals surface area contributed by atoms with E-state index in [9.17, 15) is 19.8 Å². The van der Waals surface area contributed by atoms with Crippen LogP contribution >= 0.6 is 0 Å². The molecule has 1 saturated carbocycles. The maximum atomic E-state index is 12.7. The van der Waals surface area contributed by atoms with Crippen LogP contribution in [0.4, 0.5) is 0 Å².